The number of hydrogen-bond donors (Lipinski definition) is 2. The van der Waals surface area contributed by atoms with Gasteiger partial charge < -0.3 is 10.1 Å². The normalized spacial score (nSPS) is 14.9. The predicted octanol–water partition coefficient (Wildman–Crippen LogP) is 3.08. The van der Waals surface area contributed by atoms with Gasteiger partial charge in [0.15, 0.2) is 0 Å². The molecule has 1 atom stereocenters. The van der Waals surface area contributed by atoms with Crippen molar-refractivity contribution >= 4 is 11.6 Å². The van der Waals surface area contributed by atoms with Gasteiger partial charge in [-0.15, -0.1) is 0 Å². The molecule has 2 heterocycles. The van der Waals surface area contributed by atoms with E-state index in [2.05, 4.69) is 9.97 Å². The molecule has 0 saturated heterocycles. The molecule has 0 fully saturated rings. The minimum atomic E-state index is -0.939. The molecular formula is C21H15N3O3. The molecule has 6 heteroatoms. The first kappa shape index (κ1) is 15.6. The number of benzene rings is 2. The van der Waals surface area contributed by atoms with Crippen LogP contribution >= 0.6 is 0 Å². The number of nitrogens with zero attached hydrogens (tertiary/aromatic N) is 2. The Morgan fingerprint density at radius 1 is 1.15 bits per heavy atom. The topological polar surface area (TPSA) is 87.5 Å². The van der Waals surface area contributed by atoms with Gasteiger partial charge in [-0.2, -0.15) is 0 Å². The Bertz CT molecular complexity index is 1270. The first-order valence-electron chi connectivity index (χ1n) is 8.65. The smallest absolute Gasteiger partial charge is 0.335 e. The van der Waals surface area contributed by atoms with Crippen LogP contribution in [0.25, 0.3) is 16.9 Å². The van der Waals surface area contributed by atoms with Crippen LogP contribution in [0.1, 0.15) is 33.1 Å². The van der Waals surface area contributed by atoms with Crippen molar-refractivity contribution in [3.8, 4) is 11.3 Å². The molecule has 2 aromatic heterocycles. The van der Waals surface area contributed by atoms with E-state index >= 15 is 0 Å². The summed E-state index contributed by atoms with van der Waals surface area (Å²) in [5, 5.41) is 9.54. The van der Waals surface area contributed by atoms with Gasteiger partial charge >= 0.3 is 5.97 Å². The molecule has 6 nitrogen and oxygen atoms in total. The molecule has 0 aliphatic heterocycles. The Balaban J connectivity index is 1.76. The second-order valence-corrected chi connectivity index (χ2v) is 6.64. The number of fused-ring (bicyclic) bond motifs is 5. The first-order valence-corrected chi connectivity index (χ1v) is 8.65. The van der Waals surface area contributed by atoms with Gasteiger partial charge in [-0.25, -0.2) is 9.78 Å². The fourth-order valence-electron chi connectivity index (χ4n) is 4.08. The molecule has 1 aliphatic rings. The van der Waals surface area contributed by atoms with E-state index in [1.807, 2.05) is 40.8 Å². The number of aromatic nitrogens is 3. The number of H-pyrrole nitrogens is 1. The van der Waals surface area contributed by atoms with Crippen molar-refractivity contribution in [2.24, 2.45) is 0 Å². The van der Waals surface area contributed by atoms with Gasteiger partial charge in [0.25, 0.3) is 5.56 Å². The molecule has 0 spiro atoms. The van der Waals surface area contributed by atoms with E-state index in [4.69, 9.17) is 0 Å². The maximum atomic E-state index is 12.4. The van der Waals surface area contributed by atoms with Crippen LogP contribution in [-0.4, -0.2) is 25.4 Å². The zero-order valence-corrected chi connectivity index (χ0v) is 14.2. The highest BCUT2D eigenvalue weighted by atomic mass is 16.4. The highest BCUT2D eigenvalue weighted by Crippen LogP contribution is 2.44. The SMILES string of the molecule is O=C(O)c1ccccc1CC1c2ccccc2-c2[nH]c(=O)c3nccn3c21. The Kier molecular flexibility index (Phi) is 3.27. The van der Waals surface area contributed by atoms with Gasteiger partial charge in [0, 0.05) is 23.9 Å². The number of imidazole rings is 1. The van der Waals surface area contributed by atoms with Crippen molar-refractivity contribution < 1.29 is 9.90 Å². The molecule has 2 N–H and O–H groups in total. The lowest BCUT2D eigenvalue weighted by molar-refractivity contribution is 0.0695. The third-order valence-corrected chi connectivity index (χ3v) is 5.21. The van der Waals surface area contributed by atoms with Crippen LogP contribution in [0.4, 0.5) is 0 Å². The van der Waals surface area contributed by atoms with Gasteiger partial charge in [0.2, 0.25) is 5.65 Å². The van der Waals surface area contributed by atoms with Crippen molar-refractivity contribution in [1.82, 2.24) is 14.4 Å². The quantitative estimate of drug-likeness (QED) is 0.590. The van der Waals surface area contributed by atoms with E-state index in [0.717, 1.165) is 28.1 Å². The van der Waals surface area contributed by atoms with Gasteiger partial charge in [0.05, 0.1) is 17.0 Å². The highest BCUT2D eigenvalue weighted by Gasteiger charge is 2.33. The average Bonchev–Trinajstić information content (AvgIpc) is 3.27. The Hall–Kier alpha value is -3.67. The third-order valence-electron chi connectivity index (χ3n) is 5.21. The van der Waals surface area contributed by atoms with Crippen molar-refractivity contribution in [2.75, 3.05) is 0 Å². The molecule has 0 radical (unpaired) electrons. The van der Waals surface area contributed by atoms with E-state index in [9.17, 15) is 14.7 Å². The van der Waals surface area contributed by atoms with Gasteiger partial charge in [-0.3, -0.25) is 9.20 Å². The van der Waals surface area contributed by atoms with Crippen LogP contribution in [0.5, 0.6) is 0 Å². The maximum absolute atomic E-state index is 12.4. The predicted molar refractivity (Wildman–Crippen MR) is 100 cm³/mol. The molecule has 132 valence electrons. The number of nitrogens with one attached hydrogen (secondary N) is 1. The summed E-state index contributed by atoms with van der Waals surface area (Å²) in [5.74, 6) is -1.02. The van der Waals surface area contributed by atoms with Crippen LogP contribution in [0, 0.1) is 0 Å². The number of carbonyl (C=O) groups is 1. The summed E-state index contributed by atoms with van der Waals surface area (Å²) in [6.45, 7) is 0. The van der Waals surface area contributed by atoms with Crippen LogP contribution < -0.4 is 5.56 Å². The van der Waals surface area contributed by atoms with Crippen LogP contribution in [0.15, 0.2) is 65.7 Å². The molecule has 4 aromatic rings. The van der Waals surface area contributed by atoms with Gasteiger partial charge in [0.1, 0.15) is 0 Å². The molecule has 2 aromatic carbocycles. The summed E-state index contributed by atoms with van der Waals surface area (Å²) in [6, 6.07) is 15.0. The molecule has 1 unspecified atom stereocenters. The standard InChI is InChI=1S/C21H15N3O3/c25-20-19-22-9-10-24(19)18-16(11-12-5-1-2-6-13(12)21(26)27)14-7-3-4-8-15(14)17(18)23-20/h1-10,16H,11H2,(H,23,25)(H,26,27). The number of carboxylic acids is 1. The average molecular weight is 357 g/mol. The second kappa shape index (κ2) is 5.67. The maximum Gasteiger partial charge on any atom is 0.335 e. The summed E-state index contributed by atoms with van der Waals surface area (Å²) < 4.78 is 1.82. The second-order valence-electron chi connectivity index (χ2n) is 6.64. The van der Waals surface area contributed by atoms with Crippen LogP contribution in [-0.2, 0) is 6.42 Å². The lowest BCUT2D eigenvalue weighted by Gasteiger charge is -2.16. The van der Waals surface area contributed by atoms with E-state index in [0.29, 0.717) is 17.6 Å². The zero-order valence-electron chi connectivity index (χ0n) is 14.2. The lowest BCUT2D eigenvalue weighted by Crippen LogP contribution is -2.16. The molecule has 0 bridgehead atoms. The van der Waals surface area contributed by atoms with Crippen molar-refractivity contribution in [3.63, 3.8) is 0 Å². The molecular weight excluding hydrogens is 342 g/mol. The fourth-order valence-corrected chi connectivity index (χ4v) is 4.08. The number of aromatic carboxylic acids is 1. The van der Waals surface area contributed by atoms with E-state index in [-0.39, 0.29) is 11.5 Å². The molecule has 0 amide bonds. The minimum Gasteiger partial charge on any atom is -0.478 e. The lowest BCUT2D eigenvalue weighted by atomic mass is 9.90. The van der Waals surface area contributed by atoms with Gasteiger partial charge in [-0.1, -0.05) is 42.5 Å². The number of aromatic amines is 1. The van der Waals surface area contributed by atoms with E-state index in [1.54, 1.807) is 24.5 Å². The number of rotatable bonds is 3. The first-order chi connectivity index (χ1) is 13.1. The summed E-state index contributed by atoms with van der Waals surface area (Å²) in [7, 11) is 0. The van der Waals surface area contributed by atoms with Crippen molar-refractivity contribution in [1.29, 1.82) is 0 Å². The molecule has 0 saturated carbocycles. The monoisotopic (exact) mass is 357 g/mol. The van der Waals surface area contributed by atoms with Crippen LogP contribution in [0.3, 0.4) is 0 Å². The summed E-state index contributed by atoms with van der Waals surface area (Å²) in [6.07, 6.45) is 3.91. The Morgan fingerprint density at radius 3 is 2.78 bits per heavy atom. The third kappa shape index (κ3) is 2.23. The van der Waals surface area contributed by atoms with Crippen molar-refractivity contribution in [2.45, 2.75) is 12.3 Å². The number of hydrogen-bond acceptors (Lipinski definition) is 3. The largest absolute Gasteiger partial charge is 0.478 e. The summed E-state index contributed by atoms with van der Waals surface area (Å²) >= 11 is 0. The van der Waals surface area contributed by atoms with Gasteiger partial charge in [-0.05, 0) is 23.6 Å². The fraction of sp³-hybridized carbons (Fsp3) is 0.0952. The zero-order chi connectivity index (χ0) is 18.5. The van der Waals surface area contributed by atoms with Crippen molar-refractivity contribution in [3.05, 3.63) is 93.7 Å². The number of carboxylic acid groups (broad SMARTS) is 1. The minimum absolute atomic E-state index is 0.0785. The summed E-state index contributed by atoms with van der Waals surface area (Å²) in [4.78, 5) is 31.2. The Morgan fingerprint density at radius 2 is 1.93 bits per heavy atom. The Labute approximate surface area is 153 Å². The molecule has 5 rings (SSSR count). The summed E-state index contributed by atoms with van der Waals surface area (Å²) in [5.41, 5.74) is 4.93. The highest BCUT2D eigenvalue weighted by molar-refractivity contribution is 5.89. The van der Waals surface area contributed by atoms with Crippen LogP contribution in [0.2, 0.25) is 0 Å². The molecule has 1 aliphatic carbocycles. The van der Waals surface area contributed by atoms with E-state index in [1.165, 1.54) is 0 Å². The van der Waals surface area contributed by atoms with E-state index < -0.39 is 5.97 Å². The molecule has 27 heavy (non-hydrogen) atoms.